The van der Waals surface area contributed by atoms with Gasteiger partial charge in [0.25, 0.3) is 0 Å². The van der Waals surface area contributed by atoms with Gasteiger partial charge in [0.1, 0.15) is 0 Å². The van der Waals surface area contributed by atoms with Gasteiger partial charge in [-0.1, -0.05) is 48.5 Å². The number of nitrogens with one attached hydrogen (secondary N) is 1. The van der Waals surface area contributed by atoms with Crippen molar-refractivity contribution in [3.05, 3.63) is 99.8 Å². The van der Waals surface area contributed by atoms with E-state index in [0.29, 0.717) is 22.9 Å². The Hall–Kier alpha value is -3.46. The Kier molecular flexibility index (Phi) is 3.37. The van der Waals surface area contributed by atoms with Crippen molar-refractivity contribution in [2.45, 2.75) is 13.3 Å². The van der Waals surface area contributed by atoms with Crippen molar-refractivity contribution in [2.24, 2.45) is 0 Å². The van der Waals surface area contributed by atoms with Crippen molar-refractivity contribution in [3.63, 3.8) is 0 Å². The average Bonchev–Trinajstić information content (AvgIpc) is 3.09. The van der Waals surface area contributed by atoms with Crippen molar-refractivity contribution < 1.29 is 0 Å². The number of benzene rings is 3. The Morgan fingerprint density at radius 3 is 2.44 bits per heavy atom. The van der Waals surface area contributed by atoms with Crippen molar-refractivity contribution in [1.29, 1.82) is 5.41 Å². The lowest BCUT2D eigenvalue weighted by Crippen LogP contribution is -2.05. The topological polar surface area (TPSA) is 45.3 Å². The molecule has 0 fully saturated rings. The van der Waals surface area contributed by atoms with Gasteiger partial charge in [-0.05, 0) is 36.2 Å². The highest BCUT2D eigenvalue weighted by atomic mass is 16.1. The molecule has 0 unspecified atom stereocenters. The number of nitrogens with zero attached hydrogens (tertiary/aromatic N) is 1. The number of fused-ring (bicyclic) bond motifs is 2. The summed E-state index contributed by atoms with van der Waals surface area (Å²) in [5, 5.41) is 11.2. The average molecular weight is 350 g/mol. The van der Waals surface area contributed by atoms with Gasteiger partial charge >= 0.3 is 0 Å². The van der Waals surface area contributed by atoms with Gasteiger partial charge in [0.2, 0.25) is 0 Å². The third kappa shape index (κ3) is 2.28. The summed E-state index contributed by atoms with van der Waals surface area (Å²) in [6.45, 7) is 2.08. The van der Waals surface area contributed by atoms with Gasteiger partial charge < -0.3 is 9.81 Å². The summed E-state index contributed by atoms with van der Waals surface area (Å²) in [5.41, 5.74) is 5.66. The van der Waals surface area contributed by atoms with Crippen molar-refractivity contribution in [2.75, 3.05) is 0 Å². The fraction of sp³-hybridized carbons (Fsp3) is 0.0833. The van der Waals surface area contributed by atoms with E-state index >= 15 is 0 Å². The fourth-order valence-corrected chi connectivity index (χ4v) is 4.01. The van der Waals surface area contributed by atoms with E-state index in [1.54, 1.807) is 0 Å². The minimum absolute atomic E-state index is 0.0544. The van der Waals surface area contributed by atoms with E-state index in [2.05, 4.69) is 23.5 Å². The first-order valence-electron chi connectivity index (χ1n) is 9.05. The van der Waals surface area contributed by atoms with Crippen LogP contribution in [-0.4, -0.2) is 10.1 Å². The van der Waals surface area contributed by atoms with Crippen LogP contribution in [0, 0.1) is 12.3 Å². The quantitative estimate of drug-likeness (QED) is 0.363. The number of pyridine rings is 1. The van der Waals surface area contributed by atoms with E-state index in [4.69, 9.17) is 5.41 Å². The molecule has 130 valence electrons. The molecule has 3 aromatic carbocycles. The molecule has 0 amide bonds. The molecule has 0 spiro atoms. The van der Waals surface area contributed by atoms with Crippen LogP contribution in [0.3, 0.4) is 0 Å². The zero-order valence-corrected chi connectivity index (χ0v) is 15.0. The van der Waals surface area contributed by atoms with E-state index in [1.807, 2.05) is 60.8 Å². The Labute approximate surface area is 156 Å². The van der Waals surface area contributed by atoms with Crippen LogP contribution in [0.15, 0.2) is 77.7 Å². The Morgan fingerprint density at radius 2 is 1.59 bits per heavy atom. The lowest BCUT2D eigenvalue weighted by Gasteiger charge is -2.06. The van der Waals surface area contributed by atoms with E-state index in [1.165, 1.54) is 5.56 Å². The van der Waals surface area contributed by atoms with Gasteiger partial charge in [0.05, 0.1) is 11.0 Å². The largest absolute Gasteiger partial charge is 0.314 e. The monoisotopic (exact) mass is 350 g/mol. The maximum Gasteiger partial charge on any atom is 0.197 e. The van der Waals surface area contributed by atoms with E-state index in [0.717, 1.165) is 27.5 Å². The third-order valence-electron chi connectivity index (χ3n) is 5.43. The molecule has 1 N–H and O–H groups in total. The van der Waals surface area contributed by atoms with Crippen LogP contribution in [-0.2, 0) is 6.42 Å². The number of hydrogen-bond acceptors (Lipinski definition) is 2. The van der Waals surface area contributed by atoms with E-state index in [9.17, 15) is 4.79 Å². The second kappa shape index (κ2) is 5.78. The van der Waals surface area contributed by atoms with Crippen molar-refractivity contribution in [1.82, 2.24) is 4.40 Å². The second-order valence-electron chi connectivity index (χ2n) is 7.04. The van der Waals surface area contributed by atoms with Crippen LogP contribution in [0.2, 0.25) is 0 Å². The smallest absolute Gasteiger partial charge is 0.197 e. The molecule has 0 aliphatic heterocycles. The molecule has 5 rings (SSSR count). The fourth-order valence-electron chi connectivity index (χ4n) is 4.01. The molecule has 0 aliphatic rings. The maximum atomic E-state index is 12.9. The standard InChI is InChI=1S/C24H18N2O/c1-15-7-2-3-8-16(15)13-21(25)20-14-26-22-12-5-4-9-18(22)24(27)19-11-6-10-17(20)23(19)26/h2-12,14,25H,13H2,1H3. The Morgan fingerprint density at radius 1 is 0.889 bits per heavy atom. The first kappa shape index (κ1) is 15.8. The first-order valence-corrected chi connectivity index (χ1v) is 9.05. The predicted octanol–water partition coefficient (Wildman–Crippen LogP) is 4.96. The summed E-state index contributed by atoms with van der Waals surface area (Å²) >= 11 is 0. The van der Waals surface area contributed by atoms with Gasteiger partial charge in [0.15, 0.2) is 5.43 Å². The summed E-state index contributed by atoms with van der Waals surface area (Å²) in [5.74, 6) is 0. The van der Waals surface area contributed by atoms with Crippen molar-refractivity contribution >= 4 is 32.9 Å². The molecule has 5 aromatic rings. The summed E-state index contributed by atoms with van der Waals surface area (Å²) in [4.78, 5) is 12.9. The highest BCUT2D eigenvalue weighted by molar-refractivity contribution is 6.15. The molecule has 0 radical (unpaired) electrons. The van der Waals surface area contributed by atoms with Crippen LogP contribution in [0.5, 0.6) is 0 Å². The molecule has 0 aliphatic carbocycles. The van der Waals surface area contributed by atoms with Crippen LogP contribution in [0.4, 0.5) is 0 Å². The van der Waals surface area contributed by atoms with Gasteiger partial charge in [-0.3, -0.25) is 4.79 Å². The molecule has 0 saturated heterocycles. The molecule has 0 bridgehead atoms. The second-order valence-corrected chi connectivity index (χ2v) is 7.04. The summed E-state index contributed by atoms with van der Waals surface area (Å²) < 4.78 is 2.07. The first-order chi connectivity index (χ1) is 13.1. The van der Waals surface area contributed by atoms with Crippen molar-refractivity contribution in [3.8, 4) is 0 Å². The molecular formula is C24H18N2O. The van der Waals surface area contributed by atoms with Crippen LogP contribution in [0.25, 0.3) is 27.2 Å². The minimum atomic E-state index is 0.0544. The third-order valence-corrected chi connectivity index (χ3v) is 5.43. The summed E-state index contributed by atoms with van der Waals surface area (Å²) in [7, 11) is 0. The summed E-state index contributed by atoms with van der Waals surface area (Å²) in [6.07, 6.45) is 2.59. The van der Waals surface area contributed by atoms with Gasteiger partial charge in [0, 0.05) is 40.1 Å². The van der Waals surface area contributed by atoms with E-state index in [-0.39, 0.29) is 5.43 Å². The van der Waals surface area contributed by atoms with Gasteiger partial charge in [-0.15, -0.1) is 0 Å². The number of hydrogen-bond donors (Lipinski definition) is 1. The zero-order chi connectivity index (χ0) is 18.5. The maximum absolute atomic E-state index is 12.9. The molecule has 3 heteroatoms. The highest BCUT2D eigenvalue weighted by Gasteiger charge is 2.17. The highest BCUT2D eigenvalue weighted by Crippen LogP contribution is 2.29. The molecule has 0 saturated carbocycles. The van der Waals surface area contributed by atoms with E-state index < -0.39 is 0 Å². The SMILES string of the molecule is Cc1ccccc1CC(=N)c1cn2c3ccccc3c(=O)c3cccc1c32. The minimum Gasteiger partial charge on any atom is -0.314 e. The number of aryl methyl sites for hydroxylation is 1. The van der Waals surface area contributed by atoms with Crippen LogP contribution < -0.4 is 5.43 Å². The lowest BCUT2D eigenvalue weighted by atomic mass is 9.98. The molecule has 3 nitrogen and oxygen atoms in total. The van der Waals surface area contributed by atoms with Crippen LogP contribution >= 0.6 is 0 Å². The molecule has 0 atom stereocenters. The zero-order valence-electron chi connectivity index (χ0n) is 15.0. The number of rotatable bonds is 3. The Bertz CT molecular complexity index is 1390. The predicted molar refractivity (Wildman–Crippen MR) is 112 cm³/mol. The lowest BCUT2D eigenvalue weighted by molar-refractivity contribution is 1.22. The normalized spacial score (nSPS) is 11.6. The van der Waals surface area contributed by atoms with Gasteiger partial charge in [-0.25, -0.2) is 0 Å². The molecule has 2 aromatic heterocycles. The molecule has 2 heterocycles. The van der Waals surface area contributed by atoms with Crippen LogP contribution in [0.1, 0.15) is 16.7 Å². The summed E-state index contributed by atoms with van der Waals surface area (Å²) in [6, 6.07) is 21.7. The number of para-hydroxylation sites is 2. The molecular weight excluding hydrogens is 332 g/mol. The Balaban J connectivity index is 1.78. The number of aromatic nitrogens is 1. The molecule has 27 heavy (non-hydrogen) atoms. The van der Waals surface area contributed by atoms with Gasteiger partial charge in [-0.2, -0.15) is 0 Å².